The first-order valence-corrected chi connectivity index (χ1v) is 6.52. The number of rotatable bonds is 2. The van der Waals surface area contributed by atoms with Gasteiger partial charge < -0.3 is 10.2 Å². The van der Waals surface area contributed by atoms with Gasteiger partial charge in [0.2, 0.25) is 0 Å². The predicted molar refractivity (Wildman–Crippen MR) is 73.3 cm³/mol. The highest BCUT2D eigenvalue weighted by molar-refractivity contribution is 5.52. The molecule has 0 spiro atoms. The van der Waals surface area contributed by atoms with Crippen LogP contribution in [0, 0.1) is 12.7 Å². The average molecular weight is 260 g/mol. The lowest BCUT2D eigenvalue weighted by molar-refractivity contribution is 0.588. The molecule has 2 heterocycles. The second-order valence-electron chi connectivity index (χ2n) is 4.74. The van der Waals surface area contributed by atoms with Gasteiger partial charge in [-0.2, -0.15) is 5.10 Å². The molecule has 1 saturated heterocycles. The van der Waals surface area contributed by atoms with E-state index in [1.807, 2.05) is 19.2 Å². The number of aromatic nitrogens is 2. The zero-order valence-corrected chi connectivity index (χ0v) is 10.9. The van der Waals surface area contributed by atoms with Gasteiger partial charge in [0.15, 0.2) is 0 Å². The summed E-state index contributed by atoms with van der Waals surface area (Å²) in [5, 5.41) is 7.72. The van der Waals surface area contributed by atoms with Gasteiger partial charge in [-0.3, -0.25) is 0 Å². The number of nitrogens with zero attached hydrogens (tertiary/aromatic N) is 3. The number of hydrogen-bond donors (Lipinski definition) is 1. The van der Waals surface area contributed by atoms with Crippen molar-refractivity contribution in [2.45, 2.75) is 6.92 Å². The molecule has 5 heteroatoms. The minimum absolute atomic E-state index is 0.240. The summed E-state index contributed by atoms with van der Waals surface area (Å²) in [5.74, 6) is -0.240. The smallest absolute Gasteiger partial charge is 0.125 e. The Balaban J connectivity index is 1.94. The van der Waals surface area contributed by atoms with Crippen molar-refractivity contribution < 1.29 is 4.39 Å². The van der Waals surface area contributed by atoms with E-state index in [4.69, 9.17) is 0 Å². The predicted octanol–water partition coefficient (Wildman–Crippen LogP) is 1.73. The maximum absolute atomic E-state index is 13.3. The topological polar surface area (TPSA) is 33.1 Å². The molecule has 1 aliphatic heterocycles. The van der Waals surface area contributed by atoms with Crippen molar-refractivity contribution in [3.8, 4) is 5.69 Å². The third-order valence-corrected chi connectivity index (χ3v) is 3.49. The van der Waals surface area contributed by atoms with E-state index >= 15 is 0 Å². The molecule has 0 atom stereocenters. The summed E-state index contributed by atoms with van der Waals surface area (Å²) in [5.41, 5.74) is 2.94. The van der Waals surface area contributed by atoms with E-state index in [2.05, 4.69) is 15.3 Å². The van der Waals surface area contributed by atoms with E-state index in [1.54, 1.807) is 10.7 Å². The molecule has 0 amide bonds. The first kappa shape index (κ1) is 12.2. The van der Waals surface area contributed by atoms with Crippen molar-refractivity contribution in [3.05, 3.63) is 42.0 Å². The fourth-order valence-corrected chi connectivity index (χ4v) is 2.49. The normalized spacial score (nSPS) is 15.8. The Morgan fingerprint density at radius 2 is 2.05 bits per heavy atom. The Hall–Kier alpha value is -1.88. The van der Waals surface area contributed by atoms with Crippen molar-refractivity contribution in [2.75, 3.05) is 31.1 Å². The zero-order chi connectivity index (χ0) is 13.2. The maximum Gasteiger partial charge on any atom is 0.125 e. The molecule has 0 radical (unpaired) electrons. The summed E-state index contributed by atoms with van der Waals surface area (Å²) >= 11 is 0. The van der Waals surface area contributed by atoms with E-state index in [0.717, 1.165) is 43.2 Å². The average Bonchev–Trinajstić information content (AvgIpc) is 2.81. The van der Waals surface area contributed by atoms with Crippen LogP contribution < -0.4 is 10.2 Å². The van der Waals surface area contributed by atoms with E-state index in [9.17, 15) is 4.39 Å². The molecule has 1 fully saturated rings. The van der Waals surface area contributed by atoms with Gasteiger partial charge in [0.25, 0.3) is 0 Å². The van der Waals surface area contributed by atoms with Crippen molar-refractivity contribution in [3.63, 3.8) is 0 Å². The Labute approximate surface area is 111 Å². The fourth-order valence-electron chi connectivity index (χ4n) is 2.49. The number of hydrogen-bond acceptors (Lipinski definition) is 3. The van der Waals surface area contributed by atoms with Gasteiger partial charge in [0.05, 0.1) is 23.3 Å². The Kier molecular flexibility index (Phi) is 3.21. The minimum Gasteiger partial charge on any atom is -0.366 e. The number of nitrogens with one attached hydrogen (secondary N) is 1. The van der Waals surface area contributed by atoms with Crippen LogP contribution in [-0.4, -0.2) is 36.0 Å². The molecule has 19 heavy (non-hydrogen) atoms. The zero-order valence-electron chi connectivity index (χ0n) is 10.9. The molecule has 100 valence electrons. The largest absolute Gasteiger partial charge is 0.366 e. The Morgan fingerprint density at radius 3 is 2.79 bits per heavy atom. The van der Waals surface area contributed by atoms with Crippen molar-refractivity contribution >= 4 is 5.69 Å². The summed E-state index contributed by atoms with van der Waals surface area (Å²) in [6.45, 7) is 5.97. The molecule has 0 aliphatic carbocycles. The Morgan fingerprint density at radius 1 is 1.26 bits per heavy atom. The molecule has 1 N–H and O–H groups in total. The third-order valence-electron chi connectivity index (χ3n) is 3.49. The molecular weight excluding hydrogens is 243 g/mol. The van der Waals surface area contributed by atoms with Gasteiger partial charge in [-0.25, -0.2) is 9.07 Å². The van der Waals surface area contributed by atoms with Crippen LogP contribution in [0.5, 0.6) is 0 Å². The molecule has 0 bridgehead atoms. The van der Waals surface area contributed by atoms with E-state index in [0.29, 0.717) is 0 Å². The standard InChI is InChI=1S/C14H17FN4/c1-11-14(18-7-5-16-6-8-18)10-17-19(11)13-4-2-3-12(15)9-13/h2-4,9-10,16H,5-8H2,1H3. The summed E-state index contributed by atoms with van der Waals surface area (Å²) < 4.78 is 15.1. The highest BCUT2D eigenvalue weighted by Gasteiger charge is 2.16. The summed E-state index contributed by atoms with van der Waals surface area (Å²) in [4.78, 5) is 2.31. The van der Waals surface area contributed by atoms with Crippen LogP contribution in [0.15, 0.2) is 30.5 Å². The lowest BCUT2D eigenvalue weighted by Gasteiger charge is -2.28. The highest BCUT2D eigenvalue weighted by atomic mass is 19.1. The molecule has 2 aromatic rings. The molecule has 3 rings (SSSR count). The van der Waals surface area contributed by atoms with Gasteiger partial charge in [-0.1, -0.05) is 6.07 Å². The number of piperazine rings is 1. The van der Waals surface area contributed by atoms with Gasteiger partial charge in [-0.15, -0.1) is 0 Å². The van der Waals surface area contributed by atoms with Gasteiger partial charge >= 0.3 is 0 Å². The molecule has 0 unspecified atom stereocenters. The minimum atomic E-state index is -0.240. The van der Waals surface area contributed by atoms with Crippen LogP contribution in [0.4, 0.5) is 10.1 Å². The summed E-state index contributed by atoms with van der Waals surface area (Å²) in [6, 6.07) is 6.52. The summed E-state index contributed by atoms with van der Waals surface area (Å²) in [7, 11) is 0. The second kappa shape index (κ2) is 5.01. The van der Waals surface area contributed by atoms with Crippen LogP contribution in [-0.2, 0) is 0 Å². The van der Waals surface area contributed by atoms with Gasteiger partial charge in [0, 0.05) is 26.2 Å². The number of benzene rings is 1. The van der Waals surface area contributed by atoms with Crippen LogP contribution >= 0.6 is 0 Å². The Bertz CT molecular complexity index is 573. The molecule has 4 nitrogen and oxygen atoms in total. The quantitative estimate of drug-likeness (QED) is 0.892. The maximum atomic E-state index is 13.3. The van der Waals surface area contributed by atoms with E-state index < -0.39 is 0 Å². The molecule has 1 aliphatic rings. The lowest BCUT2D eigenvalue weighted by Crippen LogP contribution is -2.43. The van der Waals surface area contributed by atoms with E-state index in [1.165, 1.54) is 12.1 Å². The van der Waals surface area contributed by atoms with Crippen molar-refractivity contribution in [1.29, 1.82) is 0 Å². The lowest BCUT2D eigenvalue weighted by atomic mass is 10.2. The SMILES string of the molecule is Cc1c(N2CCNCC2)cnn1-c1cccc(F)c1. The van der Waals surface area contributed by atoms with Gasteiger partial charge in [0.1, 0.15) is 5.82 Å². The van der Waals surface area contributed by atoms with Crippen LogP contribution in [0.3, 0.4) is 0 Å². The van der Waals surface area contributed by atoms with Crippen LogP contribution in [0.25, 0.3) is 5.69 Å². The van der Waals surface area contributed by atoms with Crippen LogP contribution in [0.1, 0.15) is 5.69 Å². The highest BCUT2D eigenvalue weighted by Crippen LogP contribution is 2.22. The number of halogens is 1. The fraction of sp³-hybridized carbons (Fsp3) is 0.357. The molecule has 1 aromatic heterocycles. The van der Waals surface area contributed by atoms with Crippen molar-refractivity contribution in [2.24, 2.45) is 0 Å². The molecule has 1 aromatic carbocycles. The monoisotopic (exact) mass is 260 g/mol. The van der Waals surface area contributed by atoms with Crippen molar-refractivity contribution in [1.82, 2.24) is 15.1 Å². The summed E-state index contributed by atoms with van der Waals surface area (Å²) in [6.07, 6.45) is 1.87. The second-order valence-corrected chi connectivity index (χ2v) is 4.74. The number of anilines is 1. The van der Waals surface area contributed by atoms with Crippen LogP contribution in [0.2, 0.25) is 0 Å². The first-order valence-electron chi connectivity index (χ1n) is 6.52. The molecule has 0 saturated carbocycles. The molecular formula is C14H17FN4. The van der Waals surface area contributed by atoms with Gasteiger partial charge in [-0.05, 0) is 25.1 Å². The third kappa shape index (κ3) is 2.33. The first-order chi connectivity index (χ1) is 9.25. The van der Waals surface area contributed by atoms with E-state index in [-0.39, 0.29) is 5.82 Å².